The molecule has 1 unspecified atom stereocenters. The number of carboxylic acid groups (broad SMARTS) is 1. The van der Waals surface area contributed by atoms with E-state index in [2.05, 4.69) is 22.9 Å². The van der Waals surface area contributed by atoms with E-state index in [1.807, 2.05) is 69.4 Å². The molecule has 36 heavy (non-hydrogen) atoms. The number of fused-ring (bicyclic) bond motifs is 1. The Kier molecular flexibility index (Phi) is 7.15. The first kappa shape index (κ1) is 25.0. The second-order valence-electron chi connectivity index (χ2n) is 9.38. The van der Waals surface area contributed by atoms with E-state index in [4.69, 9.17) is 9.84 Å². The summed E-state index contributed by atoms with van der Waals surface area (Å²) >= 11 is 0. The number of aryl methyl sites for hydroxylation is 2. The number of hydrogen-bond acceptors (Lipinski definition) is 3. The second kappa shape index (κ2) is 10.3. The number of ether oxygens (including phenoxy) is 1. The van der Waals surface area contributed by atoms with Gasteiger partial charge in [-0.05, 0) is 75.1 Å². The molecule has 4 rings (SSSR count). The highest BCUT2D eigenvalue weighted by molar-refractivity contribution is 5.99. The summed E-state index contributed by atoms with van der Waals surface area (Å²) in [6.07, 6.45) is -0.184. The van der Waals surface area contributed by atoms with E-state index in [0.29, 0.717) is 17.7 Å². The van der Waals surface area contributed by atoms with E-state index < -0.39 is 12.1 Å². The third-order valence-corrected chi connectivity index (χ3v) is 6.74. The molecule has 6 heteroatoms. The topological polar surface area (TPSA) is 80.6 Å². The molecule has 0 saturated carbocycles. The van der Waals surface area contributed by atoms with Crippen LogP contribution in [0.1, 0.15) is 58.2 Å². The summed E-state index contributed by atoms with van der Waals surface area (Å²) in [6, 6.07) is 21.4. The lowest BCUT2D eigenvalue weighted by molar-refractivity contribution is -0.144. The van der Waals surface area contributed by atoms with Crippen LogP contribution >= 0.6 is 0 Å². The van der Waals surface area contributed by atoms with E-state index >= 15 is 0 Å². The zero-order valence-electron chi connectivity index (χ0n) is 21.3. The van der Waals surface area contributed by atoms with Crippen molar-refractivity contribution in [1.82, 2.24) is 9.88 Å². The number of carboxylic acids is 1. The summed E-state index contributed by atoms with van der Waals surface area (Å²) in [5, 5.41) is 13.3. The highest BCUT2D eigenvalue weighted by atomic mass is 16.5. The SMILES string of the molecule is Cc1cccc([C@H](C)NC(=O)c2ccc3c(Cc4ccc(OC(C)C(=O)O)cc4)c(C)n(C)c3c2)c1. The first-order valence-corrected chi connectivity index (χ1v) is 12.1. The molecule has 6 nitrogen and oxygen atoms in total. The Bertz CT molecular complexity index is 1420. The van der Waals surface area contributed by atoms with Crippen molar-refractivity contribution in [2.24, 2.45) is 7.05 Å². The Hall–Kier alpha value is -4.06. The normalized spacial score (nSPS) is 12.8. The van der Waals surface area contributed by atoms with E-state index in [1.165, 1.54) is 18.1 Å². The maximum atomic E-state index is 13.0. The van der Waals surface area contributed by atoms with Gasteiger partial charge in [0.15, 0.2) is 6.10 Å². The Morgan fingerprint density at radius 2 is 1.72 bits per heavy atom. The van der Waals surface area contributed by atoms with Crippen molar-refractivity contribution < 1.29 is 19.4 Å². The summed E-state index contributed by atoms with van der Waals surface area (Å²) in [5.41, 5.74) is 7.30. The molecule has 0 radical (unpaired) electrons. The minimum atomic E-state index is -0.997. The molecular weight excluding hydrogens is 452 g/mol. The fourth-order valence-electron chi connectivity index (χ4n) is 4.45. The van der Waals surface area contributed by atoms with Crippen molar-refractivity contribution in [1.29, 1.82) is 0 Å². The van der Waals surface area contributed by atoms with Crippen LogP contribution in [0.5, 0.6) is 5.75 Å². The maximum Gasteiger partial charge on any atom is 0.344 e. The number of nitrogens with one attached hydrogen (secondary N) is 1. The first-order chi connectivity index (χ1) is 17.1. The predicted octanol–water partition coefficient (Wildman–Crippen LogP) is 5.73. The van der Waals surface area contributed by atoms with Crippen molar-refractivity contribution in [3.8, 4) is 5.75 Å². The lowest BCUT2D eigenvalue weighted by Crippen LogP contribution is -2.26. The summed E-state index contributed by atoms with van der Waals surface area (Å²) < 4.78 is 7.56. The molecule has 186 valence electrons. The molecule has 3 aromatic carbocycles. The third kappa shape index (κ3) is 5.28. The Balaban J connectivity index is 1.54. The molecule has 0 saturated heterocycles. The zero-order valence-corrected chi connectivity index (χ0v) is 21.3. The van der Waals surface area contributed by atoms with Crippen molar-refractivity contribution in [2.75, 3.05) is 0 Å². The monoisotopic (exact) mass is 484 g/mol. The van der Waals surface area contributed by atoms with Gasteiger partial charge in [-0.2, -0.15) is 0 Å². The van der Waals surface area contributed by atoms with Crippen LogP contribution < -0.4 is 10.1 Å². The Morgan fingerprint density at radius 3 is 2.39 bits per heavy atom. The molecule has 4 aromatic rings. The van der Waals surface area contributed by atoms with Gasteiger partial charge in [-0.3, -0.25) is 4.79 Å². The van der Waals surface area contributed by atoms with Gasteiger partial charge in [-0.1, -0.05) is 48.0 Å². The average Bonchev–Trinajstić information content (AvgIpc) is 3.09. The van der Waals surface area contributed by atoms with E-state index in [9.17, 15) is 9.59 Å². The first-order valence-electron chi connectivity index (χ1n) is 12.1. The molecule has 0 aliphatic rings. The number of nitrogens with zero attached hydrogens (tertiary/aromatic N) is 1. The van der Waals surface area contributed by atoms with Crippen molar-refractivity contribution >= 4 is 22.8 Å². The lowest BCUT2D eigenvalue weighted by atomic mass is 10.0. The standard InChI is InChI=1S/C30H32N2O4/c1-18-7-6-8-23(15-18)19(2)31-29(33)24-11-14-26-27(20(3)32(5)28(26)17-24)16-22-9-12-25(13-10-22)36-21(4)30(34)35/h6-15,17,19,21H,16H2,1-5H3,(H,31,33)(H,34,35)/t19-,21?/m0/s1. The van der Waals surface area contributed by atoms with Gasteiger partial charge in [0.2, 0.25) is 0 Å². The summed E-state index contributed by atoms with van der Waals surface area (Å²) in [5.74, 6) is -0.570. The smallest absolute Gasteiger partial charge is 0.344 e. The van der Waals surface area contributed by atoms with E-state index in [-0.39, 0.29) is 11.9 Å². The van der Waals surface area contributed by atoms with E-state index in [0.717, 1.165) is 27.7 Å². The number of rotatable bonds is 8. The predicted molar refractivity (Wildman–Crippen MR) is 142 cm³/mol. The molecule has 1 amide bonds. The van der Waals surface area contributed by atoms with Crippen LogP contribution in [0, 0.1) is 13.8 Å². The summed E-state index contributed by atoms with van der Waals surface area (Å²) in [7, 11) is 2.02. The van der Waals surface area contributed by atoms with Gasteiger partial charge in [0, 0.05) is 29.2 Å². The molecule has 0 aliphatic carbocycles. The number of aliphatic carboxylic acids is 1. The largest absolute Gasteiger partial charge is 0.479 e. The summed E-state index contributed by atoms with van der Waals surface area (Å²) in [4.78, 5) is 24.1. The van der Waals surface area contributed by atoms with Gasteiger partial charge in [0.25, 0.3) is 5.91 Å². The molecule has 0 aliphatic heterocycles. The number of amides is 1. The minimum Gasteiger partial charge on any atom is -0.479 e. The fraction of sp³-hybridized carbons (Fsp3) is 0.267. The van der Waals surface area contributed by atoms with Crippen LogP contribution in [0.2, 0.25) is 0 Å². The number of aromatic nitrogens is 1. The molecule has 2 atom stereocenters. The van der Waals surface area contributed by atoms with Gasteiger partial charge >= 0.3 is 5.97 Å². The lowest BCUT2D eigenvalue weighted by Gasteiger charge is -2.15. The molecular formula is C30H32N2O4. The van der Waals surface area contributed by atoms with Crippen LogP contribution in [0.25, 0.3) is 10.9 Å². The molecule has 2 N–H and O–H groups in total. The van der Waals surface area contributed by atoms with Gasteiger partial charge in [-0.15, -0.1) is 0 Å². The molecule has 0 fully saturated rings. The minimum absolute atomic E-state index is 0.0933. The second-order valence-corrected chi connectivity index (χ2v) is 9.38. The molecule has 1 heterocycles. The van der Waals surface area contributed by atoms with Gasteiger partial charge in [-0.25, -0.2) is 4.79 Å². The molecule has 0 spiro atoms. The Labute approximate surface area is 211 Å². The molecule has 1 aromatic heterocycles. The van der Waals surface area contributed by atoms with Crippen LogP contribution in [0.4, 0.5) is 0 Å². The van der Waals surface area contributed by atoms with Gasteiger partial charge in [0.05, 0.1) is 6.04 Å². The highest BCUT2D eigenvalue weighted by Crippen LogP contribution is 2.29. The van der Waals surface area contributed by atoms with Gasteiger partial charge in [0.1, 0.15) is 5.75 Å². The highest BCUT2D eigenvalue weighted by Gasteiger charge is 2.17. The number of carbonyl (C=O) groups is 2. The average molecular weight is 485 g/mol. The van der Waals surface area contributed by atoms with E-state index in [1.54, 1.807) is 12.1 Å². The van der Waals surface area contributed by atoms with Crippen molar-refractivity contribution in [3.05, 3.63) is 100 Å². The molecule has 0 bridgehead atoms. The number of carbonyl (C=O) groups excluding carboxylic acids is 1. The number of benzene rings is 3. The number of hydrogen-bond donors (Lipinski definition) is 2. The Morgan fingerprint density at radius 1 is 1.00 bits per heavy atom. The van der Waals surface area contributed by atoms with Crippen molar-refractivity contribution in [3.63, 3.8) is 0 Å². The maximum absolute atomic E-state index is 13.0. The van der Waals surface area contributed by atoms with Crippen LogP contribution in [0.3, 0.4) is 0 Å². The van der Waals surface area contributed by atoms with Crippen molar-refractivity contribution in [2.45, 2.75) is 46.3 Å². The van der Waals surface area contributed by atoms with Crippen LogP contribution in [-0.4, -0.2) is 27.7 Å². The third-order valence-electron chi connectivity index (χ3n) is 6.74. The van der Waals surface area contributed by atoms with Crippen LogP contribution in [-0.2, 0) is 18.3 Å². The quantitative estimate of drug-likeness (QED) is 0.335. The van der Waals surface area contributed by atoms with Crippen LogP contribution in [0.15, 0.2) is 66.7 Å². The fourth-order valence-corrected chi connectivity index (χ4v) is 4.45. The van der Waals surface area contributed by atoms with Gasteiger partial charge < -0.3 is 19.7 Å². The summed E-state index contributed by atoms with van der Waals surface area (Å²) in [6.45, 7) is 7.63. The zero-order chi connectivity index (χ0) is 26.0.